The zero-order chi connectivity index (χ0) is 30.0. The topological polar surface area (TPSA) is 138 Å². The van der Waals surface area contributed by atoms with Crippen molar-refractivity contribution in [2.45, 2.75) is 56.3 Å². The van der Waals surface area contributed by atoms with Crippen LogP contribution >= 0.6 is 11.6 Å². The maximum atomic E-state index is 14.2. The summed E-state index contributed by atoms with van der Waals surface area (Å²) in [5.41, 5.74) is 1.86. The smallest absolute Gasteiger partial charge is 0.337 e. The highest BCUT2D eigenvalue weighted by molar-refractivity contribution is 7.88. The highest BCUT2D eigenvalue weighted by Gasteiger charge is 2.48. The first-order valence-corrected chi connectivity index (χ1v) is 16.1. The second kappa shape index (κ2) is 12.3. The van der Waals surface area contributed by atoms with Gasteiger partial charge >= 0.3 is 5.97 Å². The summed E-state index contributed by atoms with van der Waals surface area (Å²) in [6.07, 6.45) is 7.04. The number of fused-ring (bicyclic) bond motifs is 1. The molecule has 3 aromatic rings. The number of carboxylic acid groups (broad SMARTS) is 1. The second-order valence-corrected chi connectivity index (χ2v) is 13.1. The fourth-order valence-electron chi connectivity index (χ4n) is 6.19. The molecule has 2 heterocycles. The number of rotatable bonds is 9. The predicted octanol–water partition coefficient (Wildman–Crippen LogP) is 3.80. The van der Waals surface area contributed by atoms with Gasteiger partial charge < -0.3 is 19.9 Å². The van der Waals surface area contributed by atoms with Crippen molar-refractivity contribution in [1.29, 1.82) is 0 Å². The van der Waals surface area contributed by atoms with Gasteiger partial charge in [-0.05, 0) is 48.2 Å². The Labute approximate surface area is 249 Å². The molecule has 2 amide bonds. The molecule has 1 saturated carbocycles. The number of carbonyl (C=O) groups is 3. The molecule has 0 saturated heterocycles. The molecular weight excluding hydrogens is 580 g/mol. The molecule has 1 fully saturated rings. The molecule has 10 nitrogen and oxygen atoms in total. The lowest BCUT2D eigenvalue weighted by molar-refractivity contribution is -0.124. The Bertz CT molecular complexity index is 1590. The Kier molecular flexibility index (Phi) is 8.72. The van der Waals surface area contributed by atoms with Crippen molar-refractivity contribution >= 4 is 39.4 Å². The minimum absolute atomic E-state index is 0.157. The van der Waals surface area contributed by atoms with E-state index in [0.29, 0.717) is 41.1 Å². The summed E-state index contributed by atoms with van der Waals surface area (Å²) >= 11 is 6.21. The number of nitrogens with zero attached hydrogens (tertiary/aromatic N) is 2. The van der Waals surface area contributed by atoms with Crippen molar-refractivity contribution in [3.05, 3.63) is 94.3 Å². The van der Waals surface area contributed by atoms with Crippen LogP contribution in [-0.2, 0) is 21.4 Å². The number of carboxylic acids is 1. The molecule has 0 radical (unpaired) electrons. The molecular formula is C30H33ClN4O6S. The lowest BCUT2D eigenvalue weighted by atomic mass is 9.76. The van der Waals surface area contributed by atoms with Gasteiger partial charge in [0.25, 0.3) is 5.91 Å². The number of halogens is 1. The molecule has 2 aromatic carbocycles. The number of sulfonamides is 1. The summed E-state index contributed by atoms with van der Waals surface area (Å²) in [5.74, 6) is -2.37. The van der Waals surface area contributed by atoms with E-state index in [1.54, 1.807) is 64.2 Å². The van der Waals surface area contributed by atoms with Gasteiger partial charge in [-0.2, -0.15) is 0 Å². The van der Waals surface area contributed by atoms with Crippen molar-refractivity contribution in [2.24, 2.45) is 0 Å². The molecule has 42 heavy (non-hydrogen) atoms. The molecule has 4 atom stereocenters. The van der Waals surface area contributed by atoms with Crippen LogP contribution in [0.3, 0.4) is 0 Å². The maximum absolute atomic E-state index is 14.2. The van der Waals surface area contributed by atoms with Crippen molar-refractivity contribution in [3.63, 3.8) is 0 Å². The summed E-state index contributed by atoms with van der Waals surface area (Å²) in [5, 5.41) is 12.7. The van der Waals surface area contributed by atoms with Crippen LogP contribution in [0.4, 0.5) is 0 Å². The number of aromatic carboxylic acids is 1. The van der Waals surface area contributed by atoms with Crippen LogP contribution in [0.25, 0.3) is 0 Å². The van der Waals surface area contributed by atoms with Gasteiger partial charge in [-0.1, -0.05) is 54.8 Å². The number of nitrogens with one attached hydrogen (secondary N) is 2. The molecule has 0 bridgehead atoms. The first-order valence-electron chi connectivity index (χ1n) is 13.8. The van der Waals surface area contributed by atoms with E-state index in [1.165, 1.54) is 12.3 Å². The van der Waals surface area contributed by atoms with Gasteiger partial charge in [0.15, 0.2) is 0 Å². The average Bonchev–Trinajstić information content (AvgIpc) is 3.43. The van der Waals surface area contributed by atoms with Crippen molar-refractivity contribution in [3.8, 4) is 0 Å². The van der Waals surface area contributed by atoms with E-state index < -0.39 is 40.0 Å². The minimum atomic E-state index is -3.56. The van der Waals surface area contributed by atoms with Crippen molar-refractivity contribution in [1.82, 2.24) is 19.5 Å². The van der Waals surface area contributed by atoms with E-state index in [9.17, 15) is 27.9 Å². The third kappa shape index (κ3) is 6.38. The van der Waals surface area contributed by atoms with E-state index in [4.69, 9.17) is 11.6 Å². The highest BCUT2D eigenvalue weighted by atomic mass is 35.5. The van der Waals surface area contributed by atoms with Gasteiger partial charge in [-0.25, -0.2) is 17.9 Å². The Morgan fingerprint density at radius 1 is 1.05 bits per heavy atom. The summed E-state index contributed by atoms with van der Waals surface area (Å²) in [6, 6.07) is 13.9. The normalized spacial score (nSPS) is 22.4. The Hall–Kier alpha value is -3.67. The molecule has 2 aliphatic rings. The first-order chi connectivity index (χ1) is 20.0. The Morgan fingerprint density at radius 3 is 2.45 bits per heavy atom. The molecule has 12 heteroatoms. The van der Waals surface area contributed by atoms with Crippen LogP contribution in [0.2, 0.25) is 5.02 Å². The molecule has 0 unspecified atom stereocenters. The molecule has 1 aliphatic heterocycles. The zero-order valence-electron chi connectivity index (χ0n) is 23.1. The van der Waals surface area contributed by atoms with Gasteiger partial charge in [-0.15, -0.1) is 0 Å². The van der Waals surface area contributed by atoms with Crippen LogP contribution in [0, 0.1) is 0 Å². The molecule has 5 rings (SSSR count). The maximum Gasteiger partial charge on any atom is 0.337 e. The standard InChI is InChI=1S/C30H33ClN4O6S/c1-42(40,41)33-24-8-4-5-9-25(24)35-27(19-10-12-21(31)13-11-19)26(22-6-2-3-7-23(22)29(35)37)28(36)32-15-17-34-16-14-20(18-34)30(38)39/h2-3,6-7,10-14,16,18,24-27,33H,4-5,8-9,15,17H2,1H3,(H,32,36)(H,38,39)/t24-,25-,26+,27-/m0/s1. The average molecular weight is 613 g/mol. The van der Waals surface area contributed by atoms with Crippen LogP contribution in [0.5, 0.6) is 0 Å². The lowest BCUT2D eigenvalue weighted by Crippen LogP contribution is -2.59. The van der Waals surface area contributed by atoms with Crippen molar-refractivity contribution < 1.29 is 27.9 Å². The Balaban J connectivity index is 1.54. The fourth-order valence-corrected chi connectivity index (χ4v) is 7.15. The first kappa shape index (κ1) is 29.8. The SMILES string of the molecule is CS(=O)(=O)N[C@H]1CCCC[C@@H]1N1C(=O)c2ccccc2[C@@H](C(=O)NCCn2ccc(C(=O)O)c2)[C@@H]1c1ccc(Cl)cc1. The van der Waals surface area contributed by atoms with E-state index in [-0.39, 0.29) is 23.9 Å². The Morgan fingerprint density at radius 2 is 1.76 bits per heavy atom. The van der Waals surface area contributed by atoms with Crippen LogP contribution in [-0.4, -0.2) is 65.7 Å². The molecule has 3 N–H and O–H groups in total. The molecule has 222 valence electrons. The van der Waals surface area contributed by atoms with Crippen LogP contribution in [0.1, 0.15) is 69.5 Å². The van der Waals surface area contributed by atoms with E-state index >= 15 is 0 Å². The lowest BCUT2D eigenvalue weighted by Gasteiger charge is -2.49. The van der Waals surface area contributed by atoms with E-state index in [1.807, 2.05) is 0 Å². The minimum Gasteiger partial charge on any atom is -0.478 e. The van der Waals surface area contributed by atoms with E-state index in [0.717, 1.165) is 19.1 Å². The molecule has 0 spiro atoms. The fraction of sp³-hybridized carbons (Fsp3) is 0.367. The number of amides is 2. The summed E-state index contributed by atoms with van der Waals surface area (Å²) in [7, 11) is -3.56. The summed E-state index contributed by atoms with van der Waals surface area (Å²) in [4.78, 5) is 41.3. The third-order valence-electron chi connectivity index (χ3n) is 7.99. The quantitative estimate of drug-likeness (QED) is 0.336. The number of benzene rings is 2. The third-order valence-corrected chi connectivity index (χ3v) is 8.97. The second-order valence-electron chi connectivity index (χ2n) is 10.9. The van der Waals surface area contributed by atoms with Gasteiger partial charge in [0.05, 0.1) is 23.8 Å². The number of hydrogen-bond donors (Lipinski definition) is 3. The molecule has 1 aromatic heterocycles. The van der Waals surface area contributed by atoms with E-state index in [2.05, 4.69) is 10.0 Å². The molecule has 1 aliphatic carbocycles. The van der Waals surface area contributed by atoms with Crippen LogP contribution < -0.4 is 10.0 Å². The summed E-state index contributed by atoms with van der Waals surface area (Å²) in [6.45, 7) is 0.582. The van der Waals surface area contributed by atoms with Gasteiger partial charge in [0.1, 0.15) is 0 Å². The monoisotopic (exact) mass is 612 g/mol. The zero-order valence-corrected chi connectivity index (χ0v) is 24.6. The van der Waals surface area contributed by atoms with Crippen LogP contribution in [0.15, 0.2) is 67.0 Å². The van der Waals surface area contributed by atoms with Gasteiger partial charge in [-0.3, -0.25) is 9.59 Å². The number of hydrogen-bond acceptors (Lipinski definition) is 5. The number of carbonyl (C=O) groups excluding carboxylic acids is 2. The highest BCUT2D eigenvalue weighted by Crippen LogP contribution is 2.46. The van der Waals surface area contributed by atoms with Gasteiger partial charge in [0, 0.05) is 48.2 Å². The largest absolute Gasteiger partial charge is 0.478 e. The predicted molar refractivity (Wildman–Crippen MR) is 158 cm³/mol. The number of aromatic nitrogens is 1. The van der Waals surface area contributed by atoms with Gasteiger partial charge in [0.2, 0.25) is 15.9 Å². The summed E-state index contributed by atoms with van der Waals surface area (Å²) < 4.78 is 29.1. The van der Waals surface area contributed by atoms with Crippen molar-refractivity contribution in [2.75, 3.05) is 12.8 Å².